The van der Waals surface area contributed by atoms with E-state index in [2.05, 4.69) is 34.6 Å². The molecule has 0 aromatic rings. The predicted octanol–water partition coefficient (Wildman–Crippen LogP) is 6.65. The first-order valence-corrected chi connectivity index (χ1v) is 12.9. The van der Waals surface area contributed by atoms with Crippen LogP contribution in [-0.4, -0.2) is 17.0 Å². The molecule has 0 aliphatic heterocycles. The van der Waals surface area contributed by atoms with E-state index in [1.54, 1.807) is 0 Å². The van der Waals surface area contributed by atoms with Crippen LogP contribution in [0.25, 0.3) is 0 Å². The fraction of sp³-hybridized carbons (Fsp3) is 0.963. The molecule has 0 saturated heterocycles. The van der Waals surface area contributed by atoms with E-state index in [0.29, 0.717) is 23.0 Å². The van der Waals surface area contributed by atoms with E-state index in [9.17, 15) is 9.90 Å². The molecule has 166 valence electrons. The number of aliphatic hydroxyl groups is 1. The van der Waals surface area contributed by atoms with Crippen LogP contribution in [0.5, 0.6) is 0 Å². The van der Waals surface area contributed by atoms with E-state index >= 15 is 0 Å². The van der Waals surface area contributed by atoms with Crippen molar-refractivity contribution < 1.29 is 9.90 Å². The SMILES string of the molecule is CC(C)CCCC(C)C1CCC2C3CC(=O)[C@H]4CC(O)CCC4(C)C3CCC12C. The lowest BCUT2D eigenvalue weighted by atomic mass is 9.44. The molecular weight excluding hydrogens is 356 g/mol. The summed E-state index contributed by atoms with van der Waals surface area (Å²) in [4.78, 5) is 13.2. The first kappa shape index (κ1) is 21.8. The van der Waals surface area contributed by atoms with Crippen LogP contribution in [-0.2, 0) is 4.79 Å². The van der Waals surface area contributed by atoms with E-state index in [1.165, 1.54) is 44.9 Å². The number of rotatable bonds is 5. The summed E-state index contributed by atoms with van der Waals surface area (Å²) in [6.07, 6.45) is 12.8. The fourth-order valence-electron chi connectivity index (χ4n) is 9.04. The number of hydrogen-bond donors (Lipinski definition) is 1. The second-order valence-corrected chi connectivity index (χ2v) is 12.6. The number of Topliss-reactive ketones (excluding diaryl/α,β-unsaturated/α-hetero) is 1. The number of hydrogen-bond acceptors (Lipinski definition) is 2. The quantitative estimate of drug-likeness (QED) is 0.559. The third-order valence-electron chi connectivity index (χ3n) is 10.6. The van der Waals surface area contributed by atoms with Gasteiger partial charge in [0.05, 0.1) is 6.10 Å². The lowest BCUT2D eigenvalue weighted by molar-refractivity contribution is -0.160. The minimum atomic E-state index is -0.245. The van der Waals surface area contributed by atoms with Gasteiger partial charge in [0.1, 0.15) is 5.78 Å². The second kappa shape index (κ2) is 7.95. The Morgan fingerprint density at radius 2 is 1.66 bits per heavy atom. The maximum absolute atomic E-state index is 13.2. The fourth-order valence-corrected chi connectivity index (χ4v) is 9.04. The molecule has 0 bridgehead atoms. The lowest BCUT2D eigenvalue weighted by Gasteiger charge is -2.60. The molecule has 0 aromatic carbocycles. The van der Waals surface area contributed by atoms with Crippen LogP contribution < -0.4 is 0 Å². The van der Waals surface area contributed by atoms with Crippen molar-refractivity contribution in [3.05, 3.63) is 0 Å². The zero-order chi connectivity index (χ0) is 21.0. The summed E-state index contributed by atoms with van der Waals surface area (Å²) in [5, 5.41) is 10.2. The summed E-state index contributed by atoms with van der Waals surface area (Å²) < 4.78 is 0. The highest BCUT2D eigenvalue weighted by atomic mass is 16.3. The molecule has 0 aromatic heterocycles. The highest BCUT2D eigenvalue weighted by Gasteiger charge is 2.62. The van der Waals surface area contributed by atoms with Gasteiger partial charge in [0.15, 0.2) is 0 Å². The van der Waals surface area contributed by atoms with Gasteiger partial charge < -0.3 is 5.11 Å². The Kier molecular flexibility index (Phi) is 5.99. The second-order valence-electron chi connectivity index (χ2n) is 12.6. The van der Waals surface area contributed by atoms with Gasteiger partial charge in [-0.1, -0.05) is 53.9 Å². The number of carbonyl (C=O) groups excluding carboxylic acids is 1. The van der Waals surface area contributed by atoms with Gasteiger partial charge in [-0.25, -0.2) is 0 Å². The van der Waals surface area contributed by atoms with Gasteiger partial charge in [0.25, 0.3) is 0 Å². The average molecular weight is 403 g/mol. The van der Waals surface area contributed by atoms with E-state index < -0.39 is 0 Å². The van der Waals surface area contributed by atoms with Crippen molar-refractivity contribution in [1.82, 2.24) is 0 Å². The largest absolute Gasteiger partial charge is 0.393 e. The van der Waals surface area contributed by atoms with Crippen LogP contribution in [0.2, 0.25) is 0 Å². The summed E-state index contributed by atoms with van der Waals surface area (Å²) in [7, 11) is 0. The van der Waals surface area contributed by atoms with Gasteiger partial charge in [-0.15, -0.1) is 0 Å². The van der Waals surface area contributed by atoms with Crippen LogP contribution in [0.15, 0.2) is 0 Å². The third kappa shape index (κ3) is 3.64. The van der Waals surface area contributed by atoms with Crippen molar-refractivity contribution in [2.24, 2.45) is 52.3 Å². The molecule has 4 aliphatic rings. The Labute approximate surface area is 179 Å². The van der Waals surface area contributed by atoms with Crippen molar-refractivity contribution in [3.8, 4) is 0 Å². The van der Waals surface area contributed by atoms with Crippen molar-refractivity contribution in [3.63, 3.8) is 0 Å². The lowest BCUT2D eigenvalue weighted by Crippen LogP contribution is -2.57. The minimum absolute atomic E-state index is 0.129. The van der Waals surface area contributed by atoms with Crippen LogP contribution in [0, 0.1) is 52.3 Å². The maximum Gasteiger partial charge on any atom is 0.136 e. The molecule has 2 nitrogen and oxygen atoms in total. The van der Waals surface area contributed by atoms with E-state index in [4.69, 9.17) is 0 Å². The van der Waals surface area contributed by atoms with Crippen molar-refractivity contribution in [2.45, 2.75) is 111 Å². The molecule has 4 rings (SSSR count). The van der Waals surface area contributed by atoms with Gasteiger partial charge >= 0.3 is 0 Å². The van der Waals surface area contributed by atoms with Crippen LogP contribution in [0.3, 0.4) is 0 Å². The molecular formula is C27H46O2. The summed E-state index contributed by atoms with van der Waals surface area (Å²) in [5.41, 5.74) is 0.609. The predicted molar refractivity (Wildman–Crippen MR) is 119 cm³/mol. The van der Waals surface area contributed by atoms with Gasteiger partial charge in [0.2, 0.25) is 0 Å². The zero-order valence-corrected chi connectivity index (χ0v) is 19.8. The normalized spacial score (nSPS) is 48.2. The minimum Gasteiger partial charge on any atom is -0.393 e. The highest BCUT2D eigenvalue weighted by molar-refractivity contribution is 5.83. The average Bonchev–Trinajstić information content (AvgIpc) is 3.00. The molecule has 4 saturated carbocycles. The summed E-state index contributed by atoms with van der Waals surface area (Å²) in [5.74, 6) is 5.21. The smallest absolute Gasteiger partial charge is 0.136 e. The number of carbonyl (C=O) groups is 1. The Bertz CT molecular complexity index is 612. The van der Waals surface area contributed by atoms with Crippen LogP contribution in [0.1, 0.15) is 105 Å². The summed E-state index contributed by atoms with van der Waals surface area (Å²) in [6.45, 7) is 12.2. The van der Waals surface area contributed by atoms with Crippen LogP contribution in [0.4, 0.5) is 0 Å². The Balaban J connectivity index is 1.50. The monoisotopic (exact) mass is 402 g/mol. The molecule has 0 amide bonds. The van der Waals surface area contributed by atoms with E-state index in [1.807, 2.05) is 0 Å². The topological polar surface area (TPSA) is 37.3 Å². The molecule has 0 heterocycles. The maximum atomic E-state index is 13.2. The Hall–Kier alpha value is -0.370. The third-order valence-corrected chi connectivity index (χ3v) is 10.6. The van der Waals surface area contributed by atoms with Gasteiger partial charge in [0, 0.05) is 12.3 Å². The van der Waals surface area contributed by atoms with Gasteiger partial charge in [-0.3, -0.25) is 4.79 Å². The Morgan fingerprint density at radius 3 is 2.38 bits per heavy atom. The standard InChI is InChI=1S/C27H46O2/c1-17(2)7-6-8-18(3)21-9-10-22-20-16-25(29)24-15-19(28)11-13-27(24,5)23(20)12-14-26(21,22)4/h17-24,28H,6-16H2,1-5H3/t18?,19?,20?,21?,22?,23?,24-,26?,27?/m1/s1. The Morgan fingerprint density at radius 1 is 0.966 bits per heavy atom. The molecule has 9 atom stereocenters. The highest BCUT2D eigenvalue weighted by Crippen LogP contribution is 2.67. The molecule has 4 fully saturated rings. The molecule has 4 aliphatic carbocycles. The summed E-state index contributed by atoms with van der Waals surface area (Å²) in [6, 6.07) is 0. The van der Waals surface area contributed by atoms with E-state index in [0.717, 1.165) is 49.4 Å². The molecule has 8 unspecified atom stereocenters. The number of aliphatic hydroxyl groups excluding tert-OH is 1. The first-order valence-electron chi connectivity index (χ1n) is 12.9. The van der Waals surface area contributed by atoms with Gasteiger partial charge in [-0.2, -0.15) is 0 Å². The van der Waals surface area contributed by atoms with Crippen molar-refractivity contribution in [1.29, 1.82) is 0 Å². The number of fused-ring (bicyclic) bond motifs is 5. The van der Waals surface area contributed by atoms with Crippen molar-refractivity contribution in [2.75, 3.05) is 0 Å². The van der Waals surface area contributed by atoms with Gasteiger partial charge in [-0.05, 0) is 91.3 Å². The van der Waals surface area contributed by atoms with Crippen molar-refractivity contribution >= 4 is 5.78 Å². The molecule has 0 radical (unpaired) electrons. The van der Waals surface area contributed by atoms with E-state index in [-0.39, 0.29) is 17.4 Å². The molecule has 2 heteroatoms. The molecule has 29 heavy (non-hydrogen) atoms. The first-order chi connectivity index (χ1) is 13.7. The van der Waals surface area contributed by atoms with Crippen LogP contribution >= 0.6 is 0 Å². The zero-order valence-electron chi connectivity index (χ0n) is 19.8. The molecule has 1 N–H and O–H groups in total. The molecule has 0 spiro atoms. The number of ketones is 1. The summed E-state index contributed by atoms with van der Waals surface area (Å²) >= 11 is 0.